The molecule has 0 saturated heterocycles. The lowest BCUT2D eigenvalue weighted by Crippen LogP contribution is -2.57. The number of amides is 5. The number of rotatable bonds is 16. The smallest absolute Gasteiger partial charge is 0.252 e. The molecule has 0 aromatic heterocycles. The van der Waals surface area contributed by atoms with Crippen molar-refractivity contribution in [2.24, 2.45) is 17.2 Å². The summed E-state index contributed by atoms with van der Waals surface area (Å²) in [6.45, 7) is 6.40. The SMILES string of the molecule is Cc1ccc(C(=O)N[C@@H](CCN)C(=O)N(C)[C@@H]2C(=O)N[C@@H](C)C(=O)N[C@H](C(=O)N[C@@H](C)C(=O)CO)Cc3ccc(OCCN)c(c3)-c3cc2ccc3OCCN)c(C)c1. The zero-order valence-electron chi connectivity index (χ0n) is 34.1. The molecule has 1 aliphatic rings. The number of Topliss-reactive ketones (excluding diaryl/α,β-unsaturated/α-hetero) is 1. The van der Waals surface area contributed by atoms with Crippen molar-refractivity contribution in [1.29, 1.82) is 0 Å². The third-order valence-electron chi connectivity index (χ3n) is 9.90. The molecule has 11 N–H and O–H groups in total. The van der Waals surface area contributed by atoms with Gasteiger partial charge in [0, 0.05) is 43.2 Å². The molecule has 5 atom stereocenters. The lowest BCUT2D eigenvalue weighted by molar-refractivity contribution is -0.141. The largest absolute Gasteiger partial charge is 0.492 e. The lowest BCUT2D eigenvalue weighted by Gasteiger charge is -2.32. The minimum Gasteiger partial charge on any atom is -0.492 e. The van der Waals surface area contributed by atoms with Gasteiger partial charge < -0.3 is 57.9 Å². The molecule has 0 fully saturated rings. The van der Waals surface area contributed by atoms with Crippen molar-refractivity contribution in [2.45, 2.75) is 70.7 Å². The summed E-state index contributed by atoms with van der Waals surface area (Å²) < 4.78 is 12.1. The summed E-state index contributed by atoms with van der Waals surface area (Å²) >= 11 is 0. The van der Waals surface area contributed by atoms with Gasteiger partial charge in [-0.3, -0.25) is 28.8 Å². The molecule has 0 saturated carbocycles. The summed E-state index contributed by atoms with van der Waals surface area (Å²) in [6.07, 6.45) is -0.0119. The van der Waals surface area contributed by atoms with Crippen LogP contribution in [-0.2, 0) is 30.4 Å². The molecule has 0 radical (unpaired) electrons. The van der Waals surface area contributed by atoms with Crippen LogP contribution in [0.3, 0.4) is 0 Å². The van der Waals surface area contributed by atoms with Gasteiger partial charge in [0.05, 0.1) is 6.04 Å². The van der Waals surface area contributed by atoms with E-state index in [1.165, 1.54) is 25.8 Å². The Morgan fingerprint density at radius 3 is 2.12 bits per heavy atom. The Morgan fingerprint density at radius 1 is 0.864 bits per heavy atom. The zero-order valence-corrected chi connectivity index (χ0v) is 34.1. The van der Waals surface area contributed by atoms with Crippen molar-refractivity contribution in [1.82, 2.24) is 26.2 Å². The van der Waals surface area contributed by atoms with Gasteiger partial charge in [0.25, 0.3) is 5.91 Å². The first-order valence-electron chi connectivity index (χ1n) is 19.5. The molecule has 4 rings (SSSR count). The number of nitrogens with one attached hydrogen (secondary N) is 4. The Hall–Kier alpha value is -5.88. The standard InChI is InChI=1S/C42H56N8O9/c1-23-6-9-29(24(2)18-23)39(54)48-32(12-13-43)42(57)50(5)37-28-8-11-36(59-17-15-45)31(21-28)30-19-27(7-10-35(30)58-16-14-44)20-33(40(55)46-25(3)34(52)22-51)49-38(53)26(4)47-41(37)56/h6-11,18-19,21,25-26,32-33,37,51H,12-17,20,22,43-45H2,1-5H3,(H,46,55)(H,47,56)(H,48,54)(H,49,53)/t25-,26-,32-,33-,37-/m0/s1. The van der Waals surface area contributed by atoms with Crippen LogP contribution in [0.25, 0.3) is 11.1 Å². The molecule has 0 spiro atoms. The molecule has 3 aromatic rings. The quantitative estimate of drug-likeness (QED) is 0.0943. The second-order valence-electron chi connectivity index (χ2n) is 14.5. The van der Waals surface area contributed by atoms with Gasteiger partial charge in [0.15, 0.2) is 5.78 Å². The number of aliphatic hydroxyl groups is 1. The lowest BCUT2D eigenvalue weighted by atomic mass is 9.93. The van der Waals surface area contributed by atoms with Crippen molar-refractivity contribution in [3.8, 4) is 22.6 Å². The summed E-state index contributed by atoms with van der Waals surface area (Å²) in [5.41, 5.74) is 21.4. The Kier molecular flexibility index (Phi) is 16.5. The van der Waals surface area contributed by atoms with E-state index in [1.807, 2.05) is 13.0 Å². The Labute approximate surface area is 343 Å². The van der Waals surface area contributed by atoms with E-state index in [2.05, 4.69) is 21.3 Å². The van der Waals surface area contributed by atoms with E-state index in [4.69, 9.17) is 26.7 Å². The van der Waals surface area contributed by atoms with Crippen molar-refractivity contribution >= 4 is 35.3 Å². The number of aliphatic hydroxyl groups excluding tert-OH is 1. The third kappa shape index (κ3) is 11.6. The van der Waals surface area contributed by atoms with E-state index in [0.29, 0.717) is 44.9 Å². The second kappa shape index (κ2) is 21.2. The van der Waals surface area contributed by atoms with E-state index in [0.717, 1.165) is 5.56 Å². The van der Waals surface area contributed by atoms with E-state index in [-0.39, 0.29) is 45.7 Å². The fourth-order valence-corrected chi connectivity index (χ4v) is 6.72. The minimum atomic E-state index is -1.39. The van der Waals surface area contributed by atoms with Crippen LogP contribution in [-0.4, -0.2) is 116 Å². The van der Waals surface area contributed by atoms with Crippen LogP contribution in [0.2, 0.25) is 0 Å². The average Bonchev–Trinajstić information content (AvgIpc) is 3.20. The van der Waals surface area contributed by atoms with Gasteiger partial charge in [-0.2, -0.15) is 0 Å². The molecule has 17 heteroatoms. The number of nitrogens with two attached hydrogens (primary N) is 3. The zero-order chi connectivity index (χ0) is 43.4. The summed E-state index contributed by atoms with van der Waals surface area (Å²) in [5.74, 6) is -3.23. The van der Waals surface area contributed by atoms with Gasteiger partial charge in [-0.15, -0.1) is 0 Å². The first-order valence-corrected chi connectivity index (χ1v) is 19.5. The average molecular weight is 817 g/mol. The predicted molar refractivity (Wildman–Crippen MR) is 220 cm³/mol. The Bertz CT molecular complexity index is 2030. The summed E-state index contributed by atoms with van der Waals surface area (Å²) in [4.78, 5) is 83.2. The number of likely N-dealkylation sites (N-methyl/N-ethyl adjacent to an activating group) is 1. The topological polar surface area (TPSA) is 271 Å². The maximum absolute atomic E-state index is 14.5. The van der Waals surface area contributed by atoms with Crippen molar-refractivity contribution in [3.63, 3.8) is 0 Å². The number of hydrogen-bond donors (Lipinski definition) is 8. The van der Waals surface area contributed by atoms with Gasteiger partial charge in [-0.25, -0.2) is 0 Å². The molecule has 0 aliphatic carbocycles. The van der Waals surface area contributed by atoms with Crippen LogP contribution >= 0.6 is 0 Å². The van der Waals surface area contributed by atoms with E-state index >= 15 is 0 Å². The summed E-state index contributed by atoms with van der Waals surface area (Å²) in [7, 11) is 1.41. The van der Waals surface area contributed by atoms with E-state index < -0.39 is 72.1 Å². The molecule has 4 bridgehead atoms. The number of aryl methyl sites for hydroxylation is 2. The first kappa shape index (κ1) is 45.8. The van der Waals surface area contributed by atoms with Gasteiger partial charge >= 0.3 is 0 Å². The first-order chi connectivity index (χ1) is 28.1. The number of nitrogens with zero attached hydrogens (tertiary/aromatic N) is 1. The minimum absolute atomic E-state index is 0.0341. The number of carbonyl (C=O) groups is 6. The van der Waals surface area contributed by atoms with Crippen LogP contribution in [0.1, 0.15) is 58.9 Å². The fraction of sp³-hybridized carbons (Fsp3) is 0.429. The van der Waals surface area contributed by atoms with Crippen molar-refractivity contribution in [3.05, 3.63) is 82.4 Å². The van der Waals surface area contributed by atoms with Crippen LogP contribution in [0.5, 0.6) is 11.5 Å². The normalized spacial score (nSPS) is 17.6. The maximum atomic E-state index is 14.5. The van der Waals surface area contributed by atoms with Gasteiger partial charge in [-0.1, -0.05) is 29.8 Å². The highest BCUT2D eigenvalue weighted by Crippen LogP contribution is 2.40. The van der Waals surface area contributed by atoms with Gasteiger partial charge in [-0.05, 0) is 87.7 Å². The highest BCUT2D eigenvalue weighted by atomic mass is 16.5. The Morgan fingerprint density at radius 2 is 1.51 bits per heavy atom. The fourth-order valence-electron chi connectivity index (χ4n) is 6.72. The monoisotopic (exact) mass is 816 g/mol. The molecule has 5 amide bonds. The number of benzene rings is 3. The van der Waals surface area contributed by atoms with Crippen LogP contribution in [0.4, 0.5) is 0 Å². The molecular formula is C42H56N8O9. The molecule has 59 heavy (non-hydrogen) atoms. The molecule has 17 nitrogen and oxygen atoms in total. The Balaban J connectivity index is 1.88. The number of ketones is 1. The third-order valence-corrected chi connectivity index (χ3v) is 9.90. The molecule has 1 heterocycles. The van der Waals surface area contributed by atoms with Crippen molar-refractivity contribution < 1.29 is 43.3 Å². The molecular weight excluding hydrogens is 761 g/mol. The number of fused-ring (bicyclic) bond motifs is 5. The van der Waals surface area contributed by atoms with E-state index in [9.17, 15) is 33.9 Å². The molecule has 1 aliphatic heterocycles. The summed E-state index contributed by atoms with van der Waals surface area (Å²) in [6, 6.07) is 9.30. The highest BCUT2D eigenvalue weighted by molar-refractivity contribution is 6.00. The molecule has 0 unspecified atom stereocenters. The maximum Gasteiger partial charge on any atom is 0.252 e. The number of hydrogen-bond acceptors (Lipinski definition) is 12. The van der Waals surface area contributed by atoms with Crippen LogP contribution in [0, 0.1) is 13.8 Å². The van der Waals surface area contributed by atoms with Gasteiger partial charge in [0.2, 0.25) is 23.6 Å². The van der Waals surface area contributed by atoms with Gasteiger partial charge in [0.1, 0.15) is 55.5 Å². The number of ether oxygens (including phenoxy) is 2. The van der Waals surface area contributed by atoms with Crippen LogP contribution in [0.15, 0.2) is 54.6 Å². The van der Waals surface area contributed by atoms with Crippen molar-refractivity contribution in [2.75, 3.05) is 46.5 Å². The number of carbonyl (C=O) groups excluding carboxylic acids is 6. The highest BCUT2D eigenvalue weighted by Gasteiger charge is 2.36. The molecule has 3 aromatic carbocycles. The molecule has 318 valence electrons. The predicted octanol–water partition coefficient (Wildman–Crippen LogP) is -0.0960. The van der Waals surface area contributed by atoms with Crippen LogP contribution < -0.4 is 47.9 Å². The summed E-state index contributed by atoms with van der Waals surface area (Å²) in [5, 5.41) is 20.1. The second-order valence-corrected chi connectivity index (χ2v) is 14.5. The van der Waals surface area contributed by atoms with E-state index in [1.54, 1.807) is 55.5 Å².